The van der Waals surface area contributed by atoms with Gasteiger partial charge in [-0.3, -0.25) is 9.59 Å². The molecule has 0 bridgehead atoms. The van der Waals surface area contributed by atoms with Crippen molar-refractivity contribution in [2.75, 3.05) is 50.5 Å². The summed E-state index contributed by atoms with van der Waals surface area (Å²) in [4.78, 5) is 28.2. The number of methoxy groups -OCH3 is 2. The fraction of sp³-hybridized carbons (Fsp3) is 0.364. The van der Waals surface area contributed by atoms with Crippen molar-refractivity contribution in [2.24, 2.45) is 5.92 Å². The number of benzene rings is 2. The molecule has 1 fully saturated rings. The van der Waals surface area contributed by atoms with E-state index in [-0.39, 0.29) is 24.8 Å². The van der Waals surface area contributed by atoms with Crippen molar-refractivity contribution in [1.29, 1.82) is 0 Å². The lowest BCUT2D eigenvalue weighted by Crippen LogP contribution is -2.28. The number of carbonyl (C=O) groups is 2. The van der Waals surface area contributed by atoms with Crippen LogP contribution in [0.25, 0.3) is 0 Å². The zero-order chi connectivity index (χ0) is 22.0. The second kappa shape index (κ2) is 8.97. The Bertz CT molecular complexity index is 1010. The number of fused-ring (bicyclic) bond motifs is 1. The Morgan fingerprint density at radius 1 is 1.13 bits per heavy atom. The van der Waals surface area contributed by atoms with E-state index in [0.717, 1.165) is 4.90 Å². The van der Waals surface area contributed by atoms with Crippen LogP contribution in [-0.2, 0) is 9.59 Å². The van der Waals surface area contributed by atoms with Crippen LogP contribution in [0, 0.1) is 5.92 Å². The number of anilines is 2. The first-order chi connectivity index (χ1) is 15.0. The van der Waals surface area contributed by atoms with E-state index in [2.05, 4.69) is 5.32 Å². The number of ether oxygens (including phenoxy) is 4. The number of nitrogens with zero attached hydrogens (tertiary/aromatic N) is 1. The van der Waals surface area contributed by atoms with Crippen LogP contribution in [0.2, 0.25) is 0 Å². The number of nitrogens with one attached hydrogen (secondary N) is 1. The molecule has 0 saturated carbocycles. The SMILES string of the molecule is COc1ccc(OC)c(N2CC(C(=O)Nc3cc4c(cc3SC)OCCO4)CC2=O)c1. The van der Waals surface area contributed by atoms with Gasteiger partial charge in [0.05, 0.1) is 31.5 Å². The number of hydrogen-bond donors (Lipinski definition) is 1. The normalized spacial score (nSPS) is 17.5. The average Bonchev–Trinajstić information content (AvgIpc) is 3.19. The Hall–Kier alpha value is -3.07. The Labute approximate surface area is 184 Å². The highest BCUT2D eigenvalue weighted by Gasteiger charge is 2.37. The fourth-order valence-corrected chi connectivity index (χ4v) is 4.25. The zero-order valence-electron chi connectivity index (χ0n) is 17.6. The molecule has 1 N–H and O–H groups in total. The van der Waals surface area contributed by atoms with Crippen molar-refractivity contribution in [1.82, 2.24) is 0 Å². The van der Waals surface area contributed by atoms with Gasteiger partial charge in [0.2, 0.25) is 11.8 Å². The molecule has 2 amide bonds. The molecule has 1 saturated heterocycles. The number of rotatable bonds is 6. The molecule has 2 aliphatic rings. The maximum absolute atomic E-state index is 13.0. The first kappa shape index (κ1) is 21.2. The predicted molar refractivity (Wildman–Crippen MR) is 118 cm³/mol. The lowest BCUT2D eigenvalue weighted by atomic mass is 10.1. The summed E-state index contributed by atoms with van der Waals surface area (Å²) in [6.45, 7) is 1.22. The summed E-state index contributed by atoms with van der Waals surface area (Å²) in [5.41, 5.74) is 1.23. The molecule has 0 spiro atoms. The third-order valence-corrected chi connectivity index (χ3v) is 6.07. The summed E-state index contributed by atoms with van der Waals surface area (Å²) in [6, 6.07) is 8.89. The third-order valence-electron chi connectivity index (χ3n) is 5.29. The number of hydrogen-bond acceptors (Lipinski definition) is 7. The molecule has 0 radical (unpaired) electrons. The molecular weight excluding hydrogens is 420 g/mol. The largest absolute Gasteiger partial charge is 0.497 e. The molecule has 1 unspecified atom stereocenters. The molecule has 31 heavy (non-hydrogen) atoms. The number of amides is 2. The van der Waals surface area contributed by atoms with Gasteiger partial charge in [-0.25, -0.2) is 0 Å². The first-order valence-corrected chi connectivity index (χ1v) is 11.1. The van der Waals surface area contributed by atoms with Crippen LogP contribution in [0.15, 0.2) is 35.2 Å². The summed E-state index contributed by atoms with van der Waals surface area (Å²) in [5.74, 6) is 1.57. The molecular formula is C22H24N2O6S. The summed E-state index contributed by atoms with van der Waals surface area (Å²) in [5, 5.41) is 2.97. The molecule has 2 heterocycles. The van der Waals surface area contributed by atoms with Crippen LogP contribution in [0.4, 0.5) is 11.4 Å². The molecule has 9 heteroatoms. The van der Waals surface area contributed by atoms with Gasteiger partial charge in [0.25, 0.3) is 0 Å². The van der Waals surface area contributed by atoms with Crippen LogP contribution in [-0.4, -0.2) is 52.0 Å². The third kappa shape index (κ3) is 4.23. The van der Waals surface area contributed by atoms with Gasteiger partial charge < -0.3 is 29.2 Å². The van der Waals surface area contributed by atoms with E-state index in [1.54, 1.807) is 43.4 Å². The maximum Gasteiger partial charge on any atom is 0.229 e. The smallest absolute Gasteiger partial charge is 0.229 e. The van der Waals surface area contributed by atoms with Gasteiger partial charge in [0.1, 0.15) is 24.7 Å². The van der Waals surface area contributed by atoms with E-state index >= 15 is 0 Å². The van der Waals surface area contributed by atoms with E-state index in [1.807, 2.05) is 12.3 Å². The van der Waals surface area contributed by atoms with Gasteiger partial charge in [-0.1, -0.05) is 0 Å². The lowest BCUT2D eigenvalue weighted by Gasteiger charge is -2.22. The Kier molecular flexibility index (Phi) is 6.13. The van der Waals surface area contributed by atoms with Gasteiger partial charge in [-0.2, -0.15) is 0 Å². The Morgan fingerprint density at radius 3 is 2.55 bits per heavy atom. The molecule has 1 atom stereocenters. The van der Waals surface area contributed by atoms with Crippen molar-refractivity contribution in [3.63, 3.8) is 0 Å². The first-order valence-electron chi connectivity index (χ1n) is 9.85. The second-order valence-corrected chi connectivity index (χ2v) is 7.98. The van der Waals surface area contributed by atoms with E-state index in [4.69, 9.17) is 18.9 Å². The van der Waals surface area contributed by atoms with E-state index in [9.17, 15) is 9.59 Å². The topological polar surface area (TPSA) is 86.3 Å². The average molecular weight is 445 g/mol. The van der Waals surface area contributed by atoms with Gasteiger partial charge in [0, 0.05) is 30.0 Å². The van der Waals surface area contributed by atoms with Crippen LogP contribution >= 0.6 is 11.8 Å². The zero-order valence-corrected chi connectivity index (χ0v) is 18.4. The monoisotopic (exact) mass is 444 g/mol. The highest BCUT2D eigenvalue weighted by Crippen LogP contribution is 2.40. The molecule has 0 aromatic heterocycles. The lowest BCUT2D eigenvalue weighted by molar-refractivity contribution is -0.122. The predicted octanol–water partition coefficient (Wildman–Crippen LogP) is 3.19. The summed E-state index contributed by atoms with van der Waals surface area (Å²) in [6.07, 6.45) is 2.04. The van der Waals surface area contributed by atoms with Crippen molar-refractivity contribution < 1.29 is 28.5 Å². The minimum Gasteiger partial charge on any atom is -0.497 e. The van der Waals surface area contributed by atoms with Crippen LogP contribution in [0.1, 0.15) is 6.42 Å². The van der Waals surface area contributed by atoms with Crippen LogP contribution < -0.4 is 29.2 Å². The molecule has 0 aliphatic carbocycles. The van der Waals surface area contributed by atoms with Crippen LogP contribution in [0.5, 0.6) is 23.0 Å². The maximum atomic E-state index is 13.0. The molecule has 2 aliphatic heterocycles. The van der Waals surface area contributed by atoms with Gasteiger partial charge >= 0.3 is 0 Å². The molecule has 2 aromatic carbocycles. The van der Waals surface area contributed by atoms with Crippen molar-refractivity contribution in [3.8, 4) is 23.0 Å². The van der Waals surface area contributed by atoms with Gasteiger partial charge in [0.15, 0.2) is 11.5 Å². The fourth-order valence-electron chi connectivity index (χ4n) is 3.70. The van der Waals surface area contributed by atoms with E-state index < -0.39 is 5.92 Å². The van der Waals surface area contributed by atoms with Crippen molar-refractivity contribution in [2.45, 2.75) is 11.3 Å². The highest BCUT2D eigenvalue weighted by atomic mass is 32.2. The Morgan fingerprint density at radius 2 is 1.87 bits per heavy atom. The molecule has 8 nitrogen and oxygen atoms in total. The Balaban J connectivity index is 1.53. The summed E-state index contributed by atoms with van der Waals surface area (Å²) < 4.78 is 21.9. The van der Waals surface area contributed by atoms with Gasteiger partial charge in [-0.15, -0.1) is 11.8 Å². The molecule has 2 aromatic rings. The van der Waals surface area contributed by atoms with E-state index in [1.165, 1.54) is 11.8 Å². The van der Waals surface area contributed by atoms with Crippen molar-refractivity contribution >= 4 is 35.0 Å². The van der Waals surface area contributed by atoms with E-state index in [0.29, 0.717) is 47.6 Å². The summed E-state index contributed by atoms with van der Waals surface area (Å²) >= 11 is 1.50. The standard InChI is InChI=1S/C22H24N2O6S/c1-27-14-4-5-17(28-2)16(9-14)24-12-13(8-21(24)25)22(26)23-15-10-18-19(11-20(15)31-3)30-7-6-29-18/h4-5,9-11,13H,6-8,12H2,1-3H3,(H,23,26). The molecule has 164 valence electrons. The van der Waals surface area contributed by atoms with Crippen LogP contribution in [0.3, 0.4) is 0 Å². The van der Waals surface area contributed by atoms with Crippen molar-refractivity contribution in [3.05, 3.63) is 30.3 Å². The number of carbonyl (C=O) groups excluding carboxylic acids is 2. The quantitative estimate of drug-likeness (QED) is 0.685. The minimum atomic E-state index is -0.494. The minimum absolute atomic E-state index is 0.116. The number of thioether (sulfide) groups is 1. The summed E-state index contributed by atoms with van der Waals surface area (Å²) in [7, 11) is 3.10. The molecule has 4 rings (SSSR count). The second-order valence-electron chi connectivity index (χ2n) is 7.13. The van der Waals surface area contributed by atoms with Gasteiger partial charge in [-0.05, 0) is 24.5 Å². The highest BCUT2D eigenvalue weighted by molar-refractivity contribution is 7.98.